The molecule has 0 aliphatic carbocycles. The van der Waals surface area contributed by atoms with Crippen LogP contribution in [0.25, 0.3) is 0 Å². The number of aliphatic hydroxyl groups excluding tert-OH is 1. The van der Waals surface area contributed by atoms with Gasteiger partial charge in [-0.1, -0.05) is 30.9 Å². The molecular weight excluding hydrogens is 188 g/mol. The van der Waals surface area contributed by atoms with Crippen molar-refractivity contribution in [2.24, 2.45) is 0 Å². The smallest absolute Gasteiger partial charge is 0.162 e. The molecule has 0 atom stereocenters. The van der Waals surface area contributed by atoms with Crippen molar-refractivity contribution in [2.45, 2.75) is 19.8 Å². The summed E-state index contributed by atoms with van der Waals surface area (Å²) in [7, 11) is 0. The third-order valence-corrected chi connectivity index (χ3v) is 2.00. The molecule has 1 rings (SSSR count). The number of Topliss-reactive ketones (excluding diaryl/α,β-unsaturated/α-hetero) is 1. The third kappa shape index (κ3) is 3.57. The van der Waals surface area contributed by atoms with Gasteiger partial charge in [0.05, 0.1) is 6.61 Å². The summed E-state index contributed by atoms with van der Waals surface area (Å²) in [5.74, 6) is 5.88. The van der Waals surface area contributed by atoms with Crippen LogP contribution < -0.4 is 0 Å². The number of carbonyl (C=O) groups excluding carboxylic acids is 1. The van der Waals surface area contributed by atoms with Crippen LogP contribution in [0.5, 0.6) is 0 Å². The van der Waals surface area contributed by atoms with Crippen LogP contribution in [-0.4, -0.2) is 17.5 Å². The Bertz CT molecular complexity index is 379. The third-order valence-electron chi connectivity index (χ3n) is 2.00. The molecule has 0 aliphatic rings. The van der Waals surface area contributed by atoms with E-state index in [4.69, 9.17) is 5.11 Å². The first-order valence-corrected chi connectivity index (χ1v) is 5.01. The Balaban J connectivity index is 2.73. The van der Waals surface area contributed by atoms with Gasteiger partial charge in [-0.05, 0) is 12.1 Å². The molecule has 0 radical (unpaired) electrons. The number of carbonyl (C=O) groups is 1. The Hall–Kier alpha value is -1.59. The van der Waals surface area contributed by atoms with E-state index in [0.29, 0.717) is 12.8 Å². The molecule has 15 heavy (non-hydrogen) atoms. The van der Waals surface area contributed by atoms with Gasteiger partial charge in [0.2, 0.25) is 0 Å². The highest BCUT2D eigenvalue weighted by Gasteiger charge is 2.00. The van der Waals surface area contributed by atoms with Crippen molar-refractivity contribution in [1.29, 1.82) is 0 Å². The number of ketones is 1. The lowest BCUT2D eigenvalue weighted by atomic mass is 10.1. The molecule has 0 unspecified atom stereocenters. The maximum Gasteiger partial charge on any atom is 0.162 e. The predicted molar refractivity (Wildman–Crippen MR) is 59.6 cm³/mol. The van der Waals surface area contributed by atoms with Crippen molar-refractivity contribution in [2.75, 3.05) is 6.61 Å². The van der Waals surface area contributed by atoms with E-state index in [0.717, 1.165) is 11.1 Å². The maximum absolute atomic E-state index is 11.3. The first kappa shape index (κ1) is 11.5. The monoisotopic (exact) mass is 202 g/mol. The lowest BCUT2D eigenvalue weighted by molar-refractivity contribution is 0.0988. The van der Waals surface area contributed by atoms with Crippen molar-refractivity contribution in [3.63, 3.8) is 0 Å². The van der Waals surface area contributed by atoms with Crippen LogP contribution in [0, 0.1) is 11.8 Å². The minimum atomic E-state index is 0.0827. The highest BCUT2D eigenvalue weighted by atomic mass is 16.2. The van der Waals surface area contributed by atoms with Crippen LogP contribution >= 0.6 is 0 Å². The van der Waals surface area contributed by atoms with Crippen LogP contribution in [0.2, 0.25) is 0 Å². The van der Waals surface area contributed by atoms with E-state index in [2.05, 4.69) is 11.8 Å². The highest BCUT2D eigenvalue weighted by Crippen LogP contribution is 2.05. The molecule has 0 saturated carbocycles. The summed E-state index contributed by atoms with van der Waals surface area (Å²) in [6.45, 7) is 1.93. The number of hydrogen-bond acceptors (Lipinski definition) is 2. The molecule has 0 aromatic heterocycles. The zero-order valence-corrected chi connectivity index (χ0v) is 8.79. The van der Waals surface area contributed by atoms with Gasteiger partial charge in [0, 0.05) is 24.0 Å². The van der Waals surface area contributed by atoms with Gasteiger partial charge in [0.15, 0.2) is 5.78 Å². The molecule has 0 amide bonds. The summed E-state index contributed by atoms with van der Waals surface area (Å²) in [6.07, 6.45) is 1.01. The van der Waals surface area contributed by atoms with E-state index in [-0.39, 0.29) is 12.4 Å². The number of benzene rings is 1. The van der Waals surface area contributed by atoms with E-state index in [9.17, 15) is 4.79 Å². The van der Waals surface area contributed by atoms with Crippen molar-refractivity contribution >= 4 is 5.78 Å². The summed E-state index contributed by atoms with van der Waals surface area (Å²) in [5, 5.41) is 8.55. The Kier molecular flexibility index (Phi) is 4.59. The standard InChI is InChI=1S/C13H14O2/c1-2-13(15)12-8-6-11(7-9-12)5-3-4-10-14/h6-9,14H,2,4,10H2,1H3. The Morgan fingerprint density at radius 3 is 2.53 bits per heavy atom. The van der Waals surface area contributed by atoms with Crippen LogP contribution in [0.3, 0.4) is 0 Å². The fraction of sp³-hybridized carbons (Fsp3) is 0.308. The minimum absolute atomic E-state index is 0.0827. The average Bonchev–Trinajstić information content (AvgIpc) is 2.29. The fourth-order valence-electron chi connectivity index (χ4n) is 1.16. The second-order valence-electron chi connectivity index (χ2n) is 3.13. The second-order valence-corrected chi connectivity index (χ2v) is 3.13. The van der Waals surface area contributed by atoms with Crippen LogP contribution in [0.15, 0.2) is 24.3 Å². The summed E-state index contributed by atoms with van der Waals surface area (Å²) in [5.41, 5.74) is 1.60. The van der Waals surface area contributed by atoms with Crippen LogP contribution in [0.1, 0.15) is 35.7 Å². The number of rotatable bonds is 3. The van der Waals surface area contributed by atoms with E-state index < -0.39 is 0 Å². The van der Waals surface area contributed by atoms with Gasteiger partial charge in [0.25, 0.3) is 0 Å². The zero-order valence-electron chi connectivity index (χ0n) is 8.79. The van der Waals surface area contributed by atoms with Crippen molar-refractivity contribution in [3.8, 4) is 11.8 Å². The predicted octanol–water partition coefficient (Wildman–Crippen LogP) is 2.01. The van der Waals surface area contributed by atoms with Gasteiger partial charge in [-0.15, -0.1) is 0 Å². The first-order valence-electron chi connectivity index (χ1n) is 5.01. The molecule has 0 fully saturated rings. The molecule has 1 N–H and O–H groups in total. The van der Waals surface area contributed by atoms with Crippen molar-refractivity contribution in [3.05, 3.63) is 35.4 Å². The molecule has 78 valence electrons. The van der Waals surface area contributed by atoms with Gasteiger partial charge in [-0.3, -0.25) is 4.79 Å². The molecule has 0 bridgehead atoms. The first-order chi connectivity index (χ1) is 7.27. The molecule has 0 spiro atoms. The summed E-state index contributed by atoms with van der Waals surface area (Å²) >= 11 is 0. The molecule has 2 heteroatoms. The number of aliphatic hydroxyl groups is 1. The molecule has 2 nitrogen and oxygen atoms in total. The molecule has 0 saturated heterocycles. The molecule has 1 aromatic rings. The lowest BCUT2D eigenvalue weighted by Crippen LogP contribution is -1.95. The van der Waals surface area contributed by atoms with Gasteiger partial charge in [-0.25, -0.2) is 0 Å². The zero-order chi connectivity index (χ0) is 11.1. The van der Waals surface area contributed by atoms with Crippen molar-refractivity contribution < 1.29 is 9.90 Å². The summed E-state index contributed by atoms with van der Waals surface area (Å²) < 4.78 is 0. The van der Waals surface area contributed by atoms with Gasteiger partial charge in [-0.2, -0.15) is 0 Å². The topological polar surface area (TPSA) is 37.3 Å². The Morgan fingerprint density at radius 2 is 2.00 bits per heavy atom. The van der Waals surface area contributed by atoms with Gasteiger partial charge in [0.1, 0.15) is 0 Å². The maximum atomic E-state index is 11.3. The number of hydrogen-bond donors (Lipinski definition) is 1. The Morgan fingerprint density at radius 1 is 1.33 bits per heavy atom. The van der Waals surface area contributed by atoms with Gasteiger partial charge < -0.3 is 5.11 Å². The molecule has 1 aromatic carbocycles. The average molecular weight is 202 g/mol. The Labute approximate surface area is 89.9 Å². The SMILES string of the molecule is CCC(=O)c1ccc(C#CCCO)cc1. The van der Waals surface area contributed by atoms with E-state index in [1.165, 1.54) is 0 Å². The largest absolute Gasteiger partial charge is 0.395 e. The quantitative estimate of drug-likeness (QED) is 0.601. The lowest BCUT2D eigenvalue weighted by Gasteiger charge is -1.96. The second kappa shape index (κ2) is 6.00. The van der Waals surface area contributed by atoms with Crippen LogP contribution in [0.4, 0.5) is 0 Å². The fourth-order valence-corrected chi connectivity index (χ4v) is 1.16. The van der Waals surface area contributed by atoms with Crippen molar-refractivity contribution in [1.82, 2.24) is 0 Å². The molecule has 0 heterocycles. The van der Waals surface area contributed by atoms with E-state index >= 15 is 0 Å². The van der Waals surface area contributed by atoms with Crippen LogP contribution in [-0.2, 0) is 0 Å². The molecular formula is C13H14O2. The van der Waals surface area contributed by atoms with E-state index in [1.54, 1.807) is 12.1 Å². The highest BCUT2D eigenvalue weighted by molar-refractivity contribution is 5.95. The van der Waals surface area contributed by atoms with Gasteiger partial charge >= 0.3 is 0 Å². The summed E-state index contributed by atoms with van der Waals surface area (Å²) in [6, 6.07) is 7.23. The normalized spacial score (nSPS) is 9.20. The summed E-state index contributed by atoms with van der Waals surface area (Å²) in [4.78, 5) is 11.3. The molecule has 0 aliphatic heterocycles. The minimum Gasteiger partial charge on any atom is -0.395 e. The van der Waals surface area contributed by atoms with E-state index in [1.807, 2.05) is 19.1 Å².